The van der Waals surface area contributed by atoms with Gasteiger partial charge in [-0.25, -0.2) is 4.98 Å². The van der Waals surface area contributed by atoms with Crippen molar-refractivity contribution in [2.45, 2.75) is 37.4 Å². The Morgan fingerprint density at radius 1 is 1.19 bits per heavy atom. The second kappa shape index (κ2) is 6.36. The minimum atomic E-state index is -4.55. The van der Waals surface area contributed by atoms with Crippen molar-refractivity contribution in [2.75, 3.05) is 11.9 Å². The summed E-state index contributed by atoms with van der Waals surface area (Å²) in [6.45, 7) is 0.566. The maximum atomic E-state index is 12.8. The minimum Gasteiger partial charge on any atom is -0.507 e. The lowest BCUT2D eigenvalue weighted by molar-refractivity contribution is -0.137. The summed E-state index contributed by atoms with van der Waals surface area (Å²) in [7, 11) is 0. The molecule has 1 saturated carbocycles. The van der Waals surface area contributed by atoms with Gasteiger partial charge in [-0.15, -0.1) is 10.2 Å². The summed E-state index contributed by atoms with van der Waals surface area (Å²) in [5.74, 6) is -0.376. The smallest absolute Gasteiger partial charge is 0.416 e. The quantitative estimate of drug-likeness (QED) is 0.755. The van der Waals surface area contributed by atoms with Crippen LogP contribution in [0.5, 0.6) is 5.75 Å². The Morgan fingerprint density at radius 3 is 2.56 bits per heavy atom. The van der Waals surface area contributed by atoms with Crippen LogP contribution in [0.4, 0.5) is 19.1 Å². The van der Waals surface area contributed by atoms with E-state index in [0.29, 0.717) is 24.7 Å². The first kappa shape index (κ1) is 17.5. The van der Waals surface area contributed by atoms with Crippen LogP contribution in [0.3, 0.4) is 0 Å². The Morgan fingerprint density at radius 2 is 1.96 bits per heavy atom. The molecule has 1 aromatic carbocycles. The van der Waals surface area contributed by atoms with Gasteiger partial charge in [0.05, 0.1) is 11.3 Å². The molecule has 4 rings (SSSR count). The molecule has 27 heavy (non-hydrogen) atoms. The second-order valence-corrected chi connectivity index (χ2v) is 6.65. The molecule has 7 nitrogen and oxygen atoms in total. The average Bonchev–Trinajstić information content (AvgIpc) is 3.38. The van der Waals surface area contributed by atoms with E-state index >= 15 is 0 Å². The van der Waals surface area contributed by atoms with Crippen LogP contribution in [0.1, 0.15) is 36.4 Å². The third kappa shape index (κ3) is 3.51. The highest BCUT2D eigenvalue weighted by molar-refractivity contribution is 5.86. The number of aromatic nitrogens is 3. The molecule has 1 amide bonds. The maximum Gasteiger partial charge on any atom is 0.416 e. The van der Waals surface area contributed by atoms with Crippen LogP contribution in [-0.4, -0.2) is 38.8 Å². The zero-order chi connectivity index (χ0) is 19.2. The van der Waals surface area contributed by atoms with Crippen LogP contribution >= 0.6 is 0 Å². The van der Waals surface area contributed by atoms with Crippen molar-refractivity contribution in [1.29, 1.82) is 0 Å². The van der Waals surface area contributed by atoms with Crippen LogP contribution in [0.2, 0.25) is 0 Å². The van der Waals surface area contributed by atoms with Gasteiger partial charge in [0.25, 0.3) is 0 Å². The van der Waals surface area contributed by atoms with Gasteiger partial charge in [0.15, 0.2) is 0 Å². The summed E-state index contributed by atoms with van der Waals surface area (Å²) in [5.41, 5.74) is 0.0179. The Balaban J connectivity index is 1.68. The van der Waals surface area contributed by atoms with Crippen molar-refractivity contribution in [3.05, 3.63) is 29.5 Å². The van der Waals surface area contributed by atoms with Crippen LogP contribution in [0.15, 0.2) is 18.2 Å². The van der Waals surface area contributed by atoms with E-state index in [4.69, 9.17) is 0 Å². The predicted molar refractivity (Wildman–Crippen MR) is 88.9 cm³/mol. The summed E-state index contributed by atoms with van der Waals surface area (Å²) in [6, 6.07) is 2.29. The molecule has 1 aliphatic carbocycles. The number of alkyl halides is 3. The zero-order valence-corrected chi connectivity index (χ0v) is 14.0. The van der Waals surface area contributed by atoms with E-state index < -0.39 is 23.5 Å². The van der Waals surface area contributed by atoms with E-state index in [-0.39, 0.29) is 29.0 Å². The Bertz CT molecular complexity index is 899. The molecule has 1 aliphatic heterocycles. The number of phenolic OH excluding ortho intramolecular Hbond substituents is 1. The third-order valence-corrected chi connectivity index (χ3v) is 4.61. The molecule has 10 heteroatoms. The molecule has 0 spiro atoms. The molecule has 2 aliphatic rings. The molecule has 0 radical (unpaired) electrons. The number of nitrogens with one attached hydrogen (secondary N) is 2. The van der Waals surface area contributed by atoms with Crippen molar-refractivity contribution < 1.29 is 23.1 Å². The summed E-state index contributed by atoms with van der Waals surface area (Å²) in [5, 5.41) is 23.8. The number of amides is 1. The number of hydrogen-bond donors (Lipinski definition) is 3. The maximum absolute atomic E-state index is 12.8. The number of benzene rings is 1. The summed E-state index contributed by atoms with van der Waals surface area (Å²) >= 11 is 0. The molecule has 3 N–H and O–H groups in total. The molecule has 0 bridgehead atoms. The van der Waals surface area contributed by atoms with Gasteiger partial charge in [-0.1, -0.05) is 0 Å². The Labute approximate surface area is 152 Å². The van der Waals surface area contributed by atoms with Crippen LogP contribution in [-0.2, 0) is 11.0 Å². The van der Waals surface area contributed by atoms with Gasteiger partial charge in [-0.2, -0.15) is 13.2 Å². The number of aromatic hydroxyl groups is 1. The average molecular weight is 379 g/mol. The fourth-order valence-electron chi connectivity index (χ4n) is 3.03. The second-order valence-electron chi connectivity index (χ2n) is 6.65. The number of carbonyl (C=O) groups is 1. The van der Waals surface area contributed by atoms with Crippen LogP contribution in [0.25, 0.3) is 11.3 Å². The highest BCUT2D eigenvalue weighted by Gasteiger charge is 2.34. The van der Waals surface area contributed by atoms with Crippen molar-refractivity contribution in [1.82, 2.24) is 20.5 Å². The zero-order valence-electron chi connectivity index (χ0n) is 14.0. The fraction of sp³-hybridized carbons (Fsp3) is 0.412. The largest absolute Gasteiger partial charge is 0.507 e. The number of hydrogen-bond acceptors (Lipinski definition) is 6. The number of phenols is 1. The van der Waals surface area contributed by atoms with Crippen molar-refractivity contribution >= 4 is 11.9 Å². The van der Waals surface area contributed by atoms with E-state index in [1.165, 1.54) is 6.07 Å². The summed E-state index contributed by atoms with van der Waals surface area (Å²) in [6.07, 6.45) is -2.20. The minimum absolute atomic E-state index is 0.107. The molecule has 1 atom stereocenters. The van der Waals surface area contributed by atoms with Gasteiger partial charge in [-0.05, 0) is 37.5 Å². The van der Waals surface area contributed by atoms with Gasteiger partial charge in [0, 0.05) is 18.0 Å². The molecule has 2 heterocycles. The lowest BCUT2D eigenvalue weighted by Crippen LogP contribution is -2.30. The molecule has 142 valence electrons. The number of nitrogens with zero attached hydrogens (tertiary/aromatic N) is 3. The molecule has 1 aromatic heterocycles. The predicted octanol–water partition coefficient (Wildman–Crippen LogP) is 2.44. The van der Waals surface area contributed by atoms with Gasteiger partial charge >= 0.3 is 6.18 Å². The fourth-order valence-corrected chi connectivity index (χ4v) is 3.03. The lowest BCUT2D eigenvalue weighted by atomic mass is 10.0. The van der Waals surface area contributed by atoms with E-state index in [9.17, 15) is 23.1 Å². The first-order valence-corrected chi connectivity index (χ1v) is 8.52. The van der Waals surface area contributed by atoms with E-state index in [2.05, 4.69) is 25.8 Å². The van der Waals surface area contributed by atoms with E-state index in [0.717, 1.165) is 18.9 Å². The Hall–Kier alpha value is -2.91. The van der Waals surface area contributed by atoms with E-state index in [1.807, 2.05) is 0 Å². The first-order valence-electron chi connectivity index (χ1n) is 8.52. The molecule has 2 aromatic rings. The number of rotatable bonds is 4. The standard InChI is InChI=1S/C17H16F3N5O2/c18-17(19,20)9-3-4-10(12(26)7-9)14-13(8-1-2-8)23-16(25-24-14)22-11-5-6-21-15(11)27/h3-4,7-8,11,26H,1-2,5-6H2,(H,21,27)(H,22,23,25)/t11-/m0/s1. The molecule has 2 fully saturated rings. The van der Waals surface area contributed by atoms with Gasteiger partial charge < -0.3 is 15.7 Å². The number of carbonyl (C=O) groups excluding carboxylic acids is 1. The first-order chi connectivity index (χ1) is 12.8. The van der Waals surface area contributed by atoms with Crippen LogP contribution in [0, 0.1) is 0 Å². The van der Waals surface area contributed by atoms with Crippen molar-refractivity contribution in [3.8, 4) is 17.0 Å². The highest BCUT2D eigenvalue weighted by atomic mass is 19.4. The molecular weight excluding hydrogens is 363 g/mol. The van der Waals surface area contributed by atoms with Gasteiger partial charge in [0.2, 0.25) is 11.9 Å². The SMILES string of the molecule is O=C1NCC[C@@H]1Nc1nnc(-c2ccc(C(F)(F)F)cc2O)c(C2CC2)n1. The lowest BCUT2D eigenvalue weighted by Gasteiger charge is -2.14. The van der Waals surface area contributed by atoms with Gasteiger partial charge in [0.1, 0.15) is 17.5 Å². The number of halogens is 3. The molecular formula is C17H16F3N5O2. The monoisotopic (exact) mass is 379 g/mol. The van der Waals surface area contributed by atoms with Crippen molar-refractivity contribution in [2.24, 2.45) is 0 Å². The number of anilines is 1. The Kier molecular flexibility index (Phi) is 4.12. The summed E-state index contributed by atoms with van der Waals surface area (Å²) in [4.78, 5) is 16.1. The summed E-state index contributed by atoms with van der Waals surface area (Å²) < 4.78 is 38.4. The topological polar surface area (TPSA) is 100 Å². The normalized spacial score (nSPS) is 19.8. The van der Waals surface area contributed by atoms with Crippen molar-refractivity contribution in [3.63, 3.8) is 0 Å². The highest BCUT2D eigenvalue weighted by Crippen LogP contribution is 2.45. The molecule has 1 saturated heterocycles. The third-order valence-electron chi connectivity index (χ3n) is 4.61. The molecule has 0 unspecified atom stereocenters. The van der Waals surface area contributed by atoms with Gasteiger partial charge in [-0.3, -0.25) is 4.79 Å². The van der Waals surface area contributed by atoms with Crippen LogP contribution < -0.4 is 10.6 Å². The van der Waals surface area contributed by atoms with E-state index in [1.54, 1.807) is 0 Å².